The molecular weight excluding hydrogens is 377 g/mol. The molecule has 3 rings (SSSR count). The van der Waals surface area contributed by atoms with Crippen molar-refractivity contribution >= 4 is 17.5 Å². The molecule has 1 saturated heterocycles. The van der Waals surface area contributed by atoms with Crippen molar-refractivity contribution in [3.63, 3.8) is 0 Å². The Morgan fingerprint density at radius 3 is 2.21 bits per heavy atom. The van der Waals surface area contributed by atoms with Gasteiger partial charge in [-0.3, -0.25) is 14.5 Å². The molecule has 1 fully saturated rings. The maximum Gasteiger partial charge on any atom is 0.260 e. The lowest BCUT2D eigenvalue weighted by atomic mass is 10.3. The molecule has 0 aliphatic carbocycles. The van der Waals surface area contributed by atoms with Crippen LogP contribution in [0.15, 0.2) is 48.5 Å². The summed E-state index contributed by atoms with van der Waals surface area (Å²) in [4.78, 5) is 28.2. The number of ether oxygens (including phenoxy) is 2. The highest BCUT2D eigenvalue weighted by molar-refractivity contribution is 5.92. The summed E-state index contributed by atoms with van der Waals surface area (Å²) in [5, 5.41) is 2.74. The van der Waals surface area contributed by atoms with Gasteiger partial charge in [-0.05, 0) is 48.5 Å². The molecule has 7 nitrogen and oxygen atoms in total. The van der Waals surface area contributed by atoms with Crippen LogP contribution in [0, 0.1) is 5.82 Å². The lowest BCUT2D eigenvalue weighted by molar-refractivity contribution is -0.135. The summed E-state index contributed by atoms with van der Waals surface area (Å²) in [6, 6.07) is 12.7. The van der Waals surface area contributed by atoms with E-state index in [0.29, 0.717) is 37.6 Å². The van der Waals surface area contributed by atoms with Crippen LogP contribution in [0.1, 0.15) is 0 Å². The van der Waals surface area contributed by atoms with Gasteiger partial charge in [-0.15, -0.1) is 0 Å². The van der Waals surface area contributed by atoms with Gasteiger partial charge in [0.05, 0.1) is 13.7 Å². The van der Waals surface area contributed by atoms with Crippen molar-refractivity contribution in [2.24, 2.45) is 0 Å². The van der Waals surface area contributed by atoms with E-state index in [1.165, 1.54) is 24.3 Å². The third-order valence-corrected chi connectivity index (χ3v) is 4.64. The molecular formula is C21H24FN3O4. The first-order valence-electron chi connectivity index (χ1n) is 9.36. The first-order valence-corrected chi connectivity index (χ1v) is 9.36. The van der Waals surface area contributed by atoms with Crippen LogP contribution in [-0.2, 0) is 9.59 Å². The number of hydrogen-bond donors (Lipinski definition) is 1. The number of piperazine rings is 1. The maximum absolute atomic E-state index is 12.9. The lowest BCUT2D eigenvalue weighted by Gasteiger charge is -2.34. The van der Waals surface area contributed by atoms with Crippen molar-refractivity contribution in [1.82, 2.24) is 9.80 Å². The second kappa shape index (κ2) is 9.88. The quantitative estimate of drug-likeness (QED) is 0.769. The smallest absolute Gasteiger partial charge is 0.260 e. The second-order valence-electron chi connectivity index (χ2n) is 6.68. The van der Waals surface area contributed by atoms with Crippen LogP contribution < -0.4 is 14.8 Å². The minimum atomic E-state index is -0.347. The average Bonchev–Trinajstić information content (AvgIpc) is 2.74. The fourth-order valence-corrected chi connectivity index (χ4v) is 3.00. The zero-order valence-corrected chi connectivity index (χ0v) is 16.3. The largest absolute Gasteiger partial charge is 0.497 e. The van der Waals surface area contributed by atoms with Gasteiger partial charge in [0.1, 0.15) is 17.3 Å². The van der Waals surface area contributed by atoms with Crippen LogP contribution >= 0.6 is 0 Å². The minimum Gasteiger partial charge on any atom is -0.497 e. The highest BCUT2D eigenvalue weighted by Crippen LogP contribution is 2.17. The number of anilines is 1. The standard InChI is InChI=1S/C21H24FN3O4/c1-28-18-6-8-19(9-7-18)29-15-21(27)25-12-10-24(11-13-25)14-20(26)23-17-4-2-16(22)3-5-17/h2-9H,10-15H2,1H3,(H,23,26). The fraction of sp³-hybridized carbons (Fsp3) is 0.333. The summed E-state index contributed by atoms with van der Waals surface area (Å²) < 4.78 is 23.5. The molecule has 2 aromatic rings. The maximum atomic E-state index is 12.9. The highest BCUT2D eigenvalue weighted by Gasteiger charge is 2.22. The van der Waals surface area contributed by atoms with Gasteiger partial charge in [-0.25, -0.2) is 4.39 Å². The summed E-state index contributed by atoms with van der Waals surface area (Å²) in [7, 11) is 1.59. The molecule has 0 radical (unpaired) electrons. The molecule has 0 unspecified atom stereocenters. The number of nitrogens with zero attached hydrogens (tertiary/aromatic N) is 2. The number of carbonyl (C=O) groups excluding carboxylic acids is 2. The normalized spacial score (nSPS) is 14.3. The molecule has 2 amide bonds. The third kappa shape index (κ3) is 6.18. The predicted octanol–water partition coefficient (Wildman–Crippen LogP) is 2.00. The SMILES string of the molecule is COc1ccc(OCC(=O)N2CCN(CC(=O)Nc3ccc(F)cc3)CC2)cc1. The number of amides is 2. The van der Waals surface area contributed by atoms with E-state index in [1.54, 1.807) is 36.3 Å². The number of carbonyl (C=O) groups is 2. The van der Waals surface area contributed by atoms with Crippen LogP contribution in [0.2, 0.25) is 0 Å². The van der Waals surface area contributed by atoms with Gasteiger partial charge in [0.15, 0.2) is 6.61 Å². The first kappa shape index (κ1) is 20.6. The molecule has 0 aromatic heterocycles. The Labute approximate surface area is 169 Å². The lowest BCUT2D eigenvalue weighted by Crippen LogP contribution is -2.51. The number of nitrogens with one attached hydrogen (secondary N) is 1. The number of hydrogen-bond acceptors (Lipinski definition) is 5. The van der Waals surface area contributed by atoms with Crippen LogP contribution in [0.3, 0.4) is 0 Å². The molecule has 1 aliphatic rings. The summed E-state index contributed by atoms with van der Waals surface area (Å²) in [6.07, 6.45) is 0. The van der Waals surface area contributed by atoms with Gasteiger partial charge in [0.2, 0.25) is 5.91 Å². The molecule has 0 saturated carbocycles. The van der Waals surface area contributed by atoms with Crippen molar-refractivity contribution in [3.8, 4) is 11.5 Å². The minimum absolute atomic E-state index is 0.0304. The van der Waals surface area contributed by atoms with Crippen molar-refractivity contribution < 1.29 is 23.5 Å². The molecule has 0 bridgehead atoms. The molecule has 2 aromatic carbocycles. The Bertz CT molecular complexity index is 819. The van der Waals surface area contributed by atoms with Gasteiger partial charge in [-0.2, -0.15) is 0 Å². The highest BCUT2D eigenvalue weighted by atomic mass is 19.1. The van der Waals surface area contributed by atoms with Gasteiger partial charge < -0.3 is 19.7 Å². The second-order valence-corrected chi connectivity index (χ2v) is 6.68. The van der Waals surface area contributed by atoms with E-state index in [1.807, 2.05) is 4.90 Å². The van der Waals surface area contributed by atoms with Crippen molar-refractivity contribution in [1.29, 1.82) is 0 Å². The Hall–Kier alpha value is -3.13. The molecule has 0 atom stereocenters. The fourth-order valence-electron chi connectivity index (χ4n) is 3.00. The Morgan fingerprint density at radius 2 is 1.59 bits per heavy atom. The van der Waals surface area contributed by atoms with E-state index in [4.69, 9.17) is 9.47 Å². The third-order valence-electron chi connectivity index (χ3n) is 4.64. The zero-order valence-electron chi connectivity index (χ0n) is 16.3. The van der Waals surface area contributed by atoms with Crippen LogP contribution in [0.4, 0.5) is 10.1 Å². The van der Waals surface area contributed by atoms with Gasteiger partial charge in [0, 0.05) is 31.9 Å². The first-order chi connectivity index (χ1) is 14.0. The summed E-state index contributed by atoms with van der Waals surface area (Å²) >= 11 is 0. The molecule has 0 spiro atoms. The number of halogens is 1. The summed E-state index contributed by atoms with van der Waals surface area (Å²) in [6.45, 7) is 2.47. The van der Waals surface area contributed by atoms with E-state index in [0.717, 1.165) is 5.75 Å². The molecule has 154 valence electrons. The van der Waals surface area contributed by atoms with E-state index in [9.17, 15) is 14.0 Å². The summed E-state index contributed by atoms with van der Waals surface area (Å²) in [5.41, 5.74) is 0.556. The van der Waals surface area contributed by atoms with E-state index < -0.39 is 0 Å². The molecule has 1 N–H and O–H groups in total. The number of methoxy groups -OCH3 is 1. The van der Waals surface area contributed by atoms with Crippen molar-refractivity contribution in [2.75, 3.05) is 51.8 Å². The Kier molecular flexibility index (Phi) is 7.02. The number of rotatable bonds is 7. The summed E-state index contributed by atoms with van der Waals surface area (Å²) in [5.74, 6) is 0.730. The van der Waals surface area contributed by atoms with E-state index in [2.05, 4.69) is 5.32 Å². The molecule has 1 aliphatic heterocycles. The number of benzene rings is 2. The van der Waals surface area contributed by atoms with E-state index in [-0.39, 0.29) is 30.8 Å². The Balaban J connectivity index is 1.38. The molecule has 8 heteroatoms. The average molecular weight is 401 g/mol. The predicted molar refractivity (Wildman–Crippen MR) is 107 cm³/mol. The van der Waals surface area contributed by atoms with Gasteiger partial charge in [-0.1, -0.05) is 0 Å². The van der Waals surface area contributed by atoms with Crippen LogP contribution in [0.5, 0.6) is 11.5 Å². The monoisotopic (exact) mass is 401 g/mol. The topological polar surface area (TPSA) is 71.1 Å². The van der Waals surface area contributed by atoms with Crippen LogP contribution in [-0.4, -0.2) is 68.1 Å². The van der Waals surface area contributed by atoms with Gasteiger partial charge >= 0.3 is 0 Å². The van der Waals surface area contributed by atoms with Gasteiger partial charge in [0.25, 0.3) is 5.91 Å². The van der Waals surface area contributed by atoms with Crippen molar-refractivity contribution in [2.45, 2.75) is 0 Å². The zero-order chi connectivity index (χ0) is 20.6. The Morgan fingerprint density at radius 1 is 0.966 bits per heavy atom. The molecule has 29 heavy (non-hydrogen) atoms. The van der Waals surface area contributed by atoms with E-state index >= 15 is 0 Å². The van der Waals surface area contributed by atoms with Crippen LogP contribution in [0.25, 0.3) is 0 Å². The van der Waals surface area contributed by atoms with Crippen molar-refractivity contribution in [3.05, 3.63) is 54.3 Å². The molecule has 1 heterocycles.